The molecule has 1 aromatic carbocycles. The number of nitrogens with two attached hydrogens (primary N) is 1. The molecule has 1 aliphatic rings. The Hall–Kier alpha value is -0.410. The second-order valence-electron chi connectivity index (χ2n) is 3.89. The van der Waals surface area contributed by atoms with Crippen LogP contribution in [0.2, 0.25) is 0 Å². The summed E-state index contributed by atoms with van der Waals surface area (Å²) in [5.74, 6) is 0.327. The van der Waals surface area contributed by atoms with E-state index in [2.05, 4.69) is 15.9 Å². The predicted octanol–water partition coefficient (Wildman–Crippen LogP) is 3.39. The largest absolute Gasteiger partial charge is 0.324 e. The maximum Gasteiger partial charge on any atom is 0.137 e. The highest BCUT2D eigenvalue weighted by atomic mass is 79.9. The third-order valence-electron chi connectivity index (χ3n) is 2.99. The molecule has 0 saturated heterocycles. The van der Waals surface area contributed by atoms with E-state index in [0.717, 1.165) is 5.56 Å². The van der Waals surface area contributed by atoms with Gasteiger partial charge in [0.15, 0.2) is 0 Å². The quantitative estimate of drug-likeness (QED) is 0.864. The molecule has 0 aromatic heterocycles. The van der Waals surface area contributed by atoms with Crippen LogP contribution in [0.3, 0.4) is 0 Å². The fraction of sp³-hybridized carbons (Fsp3) is 0.455. The van der Waals surface area contributed by atoms with E-state index in [-0.39, 0.29) is 11.9 Å². The zero-order valence-corrected chi connectivity index (χ0v) is 9.43. The number of rotatable bonds is 2. The molecule has 2 rings (SSSR count). The molecule has 1 fully saturated rings. The number of hydrogen-bond donors (Lipinski definition) is 1. The molecule has 1 nitrogen and oxygen atoms in total. The minimum Gasteiger partial charge on any atom is -0.324 e. The zero-order valence-electron chi connectivity index (χ0n) is 7.84. The van der Waals surface area contributed by atoms with E-state index < -0.39 is 0 Å². The Kier molecular flexibility index (Phi) is 2.88. The van der Waals surface area contributed by atoms with Crippen molar-refractivity contribution >= 4 is 15.9 Å². The van der Waals surface area contributed by atoms with Crippen LogP contribution in [0.15, 0.2) is 22.7 Å². The lowest BCUT2D eigenvalue weighted by Crippen LogP contribution is -2.26. The summed E-state index contributed by atoms with van der Waals surface area (Å²) in [7, 11) is 0. The molecule has 76 valence electrons. The first-order valence-electron chi connectivity index (χ1n) is 4.89. The molecule has 0 amide bonds. The number of benzene rings is 1. The van der Waals surface area contributed by atoms with Crippen molar-refractivity contribution in [3.63, 3.8) is 0 Å². The van der Waals surface area contributed by atoms with E-state index in [4.69, 9.17) is 5.73 Å². The lowest BCUT2D eigenvalue weighted by atomic mass is 9.77. The second kappa shape index (κ2) is 3.99. The van der Waals surface area contributed by atoms with Crippen molar-refractivity contribution in [1.29, 1.82) is 0 Å². The molecule has 1 atom stereocenters. The summed E-state index contributed by atoms with van der Waals surface area (Å²) in [6.45, 7) is 0. The Balaban J connectivity index is 2.18. The fourth-order valence-corrected chi connectivity index (χ4v) is 2.04. The summed E-state index contributed by atoms with van der Waals surface area (Å²) >= 11 is 3.13. The number of halogens is 2. The summed E-state index contributed by atoms with van der Waals surface area (Å²) in [4.78, 5) is 0. The summed E-state index contributed by atoms with van der Waals surface area (Å²) in [5, 5.41) is 0. The maximum atomic E-state index is 13.2. The van der Waals surface area contributed by atoms with Gasteiger partial charge in [-0.3, -0.25) is 0 Å². The van der Waals surface area contributed by atoms with Crippen LogP contribution in [0.5, 0.6) is 0 Å². The summed E-state index contributed by atoms with van der Waals surface area (Å²) in [5.41, 5.74) is 6.95. The molecule has 1 saturated carbocycles. The lowest BCUT2D eigenvalue weighted by molar-refractivity contribution is 0.264. The van der Waals surface area contributed by atoms with E-state index in [0.29, 0.717) is 10.4 Å². The van der Waals surface area contributed by atoms with Gasteiger partial charge >= 0.3 is 0 Å². The molecule has 1 aliphatic carbocycles. The normalized spacial score (nSPS) is 19.1. The zero-order chi connectivity index (χ0) is 10.1. The van der Waals surface area contributed by atoms with Crippen molar-refractivity contribution in [2.75, 3.05) is 0 Å². The van der Waals surface area contributed by atoms with Crippen molar-refractivity contribution in [3.05, 3.63) is 34.1 Å². The van der Waals surface area contributed by atoms with Crippen molar-refractivity contribution in [2.24, 2.45) is 11.7 Å². The SMILES string of the molecule is N[C@@H](c1ccc(Br)c(F)c1)C1CCC1. The van der Waals surface area contributed by atoms with Gasteiger partial charge in [0.2, 0.25) is 0 Å². The van der Waals surface area contributed by atoms with Crippen molar-refractivity contribution < 1.29 is 4.39 Å². The van der Waals surface area contributed by atoms with Gasteiger partial charge in [0.1, 0.15) is 5.82 Å². The van der Waals surface area contributed by atoms with E-state index in [1.54, 1.807) is 6.07 Å². The molecule has 3 heteroatoms. The molecule has 2 N–H and O–H groups in total. The Bertz CT molecular complexity index is 336. The standard InChI is InChI=1S/C11H13BrFN/c12-9-5-4-8(6-10(9)13)11(14)7-2-1-3-7/h4-7,11H,1-3,14H2/t11-/m1/s1. The highest BCUT2D eigenvalue weighted by Crippen LogP contribution is 2.36. The molecule has 0 bridgehead atoms. The van der Waals surface area contributed by atoms with Crippen LogP contribution in [0.25, 0.3) is 0 Å². The van der Waals surface area contributed by atoms with Crippen LogP contribution in [0.4, 0.5) is 4.39 Å². The molecule has 0 radical (unpaired) electrons. The van der Waals surface area contributed by atoms with Gasteiger partial charge in [-0.25, -0.2) is 4.39 Å². The third kappa shape index (κ3) is 1.84. The van der Waals surface area contributed by atoms with Gasteiger partial charge in [-0.2, -0.15) is 0 Å². The van der Waals surface area contributed by atoms with Crippen molar-refractivity contribution in [3.8, 4) is 0 Å². The minimum atomic E-state index is -0.225. The molecular formula is C11H13BrFN. The third-order valence-corrected chi connectivity index (χ3v) is 3.63. The molecular weight excluding hydrogens is 245 g/mol. The highest BCUT2D eigenvalue weighted by molar-refractivity contribution is 9.10. The van der Waals surface area contributed by atoms with Crippen molar-refractivity contribution in [2.45, 2.75) is 25.3 Å². The van der Waals surface area contributed by atoms with E-state index in [1.165, 1.54) is 25.3 Å². The maximum absolute atomic E-state index is 13.2. The van der Waals surface area contributed by atoms with Crippen LogP contribution in [-0.4, -0.2) is 0 Å². The van der Waals surface area contributed by atoms with E-state index in [1.807, 2.05) is 6.07 Å². The van der Waals surface area contributed by atoms with Gasteiger partial charge in [0.05, 0.1) is 4.47 Å². The average Bonchev–Trinajstić information content (AvgIpc) is 2.06. The van der Waals surface area contributed by atoms with Gasteiger partial charge in [0.25, 0.3) is 0 Å². The fourth-order valence-electron chi connectivity index (χ4n) is 1.79. The minimum absolute atomic E-state index is 0.00588. The summed E-state index contributed by atoms with van der Waals surface area (Å²) < 4.78 is 13.7. The lowest BCUT2D eigenvalue weighted by Gasteiger charge is -2.31. The van der Waals surface area contributed by atoms with Crippen LogP contribution in [0.1, 0.15) is 30.9 Å². The van der Waals surface area contributed by atoms with Gasteiger partial charge in [-0.05, 0) is 52.4 Å². The molecule has 0 heterocycles. The Morgan fingerprint density at radius 3 is 2.64 bits per heavy atom. The topological polar surface area (TPSA) is 26.0 Å². The summed E-state index contributed by atoms with van der Waals surface area (Å²) in [6.07, 6.45) is 3.62. The first kappa shape index (κ1) is 10.1. The molecule has 0 spiro atoms. The molecule has 0 unspecified atom stereocenters. The number of hydrogen-bond acceptors (Lipinski definition) is 1. The van der Waals surface area contributed by atoms with Gasteiger partial charge in [-0.15, -0.1) is 0 Å². The average molecular weight is 258 g/mol. The molecule has 0 aliphatic heterocycles. The smallest absolute Gasteiger partial charge is 0.137 e. The van der Waals surface area contributed by atoms with Crippen molar-refractivity contribution in [1.82, 2.24) is 0 Å². The first-order valence-corrected chi connectivity index (χ1v) is 5.68. The predicted molar refractivity (Wildman–Crippen MR) is 58.4 cm³/mol. The molecule has 1 aromatic rings. The van der Waals surface area contributed by atoms with Crippen LogP contribution < -0.4 is 5.73 Å². The van der Waals surface area contributed by atoms with Crippen LogP contribution >= 0.6 is 15.9 Å². The monoisotopic (exact) mass is 257 g/mol. The Morgan fingerprint density at radius 1 is 1.43 bits per heavy atom. The van der Waals surface area contributed by atoms with Crippen LogP contribution in [0, 0.1) is 11.7 Å². The Labute approximate surface area is 91.6 Å². The first-order chi connectivity index (χ1) is 6.68. The van der Waals surface area contributed by atoms with Gasteiger partial charge in [-0.1, -0.05) is 12.5 Å². The highest BCUT2D eigenvalue weighted by Gasteiger charge is 2.25. The van der Waals surface area contributed by atoms with Gasteiger partial charge in [0, 0.05) is 6.04 Å². The van der Waals surface area contributed by atoms with Crippen LogP contribution in [-0.2, 0) is 0 Å². The van der Waals surface area contributed by atoms with E-state index in [9.17, 15) is 4.39 Å². The molecule has 14 heavy (non-hydrogen) atoms. The van der Waals surface area contributed by atoms with Gasteiger partial charge < -0.3 is 5.73 Å². The summed E-state index contributed by atoms with van der Waals surface area (Å²) in [6, 6.07) is 5.17. The Morgan fingerprint density at radius 2 is 2.14 bits per heavy atom. The second-order valence-corrected chi connectivity index (χ2v) is 4.74. The van der Waals surface area contributed by atoms with E-state index >= 15 is 0 Å².